The van der Waals surface area contributed by atoms with Crippen LogP contribution in [0.5, 0.6) is 0 Å². The highest BCUT2D eigenvalue weighted by Crippen LogP contribution is 2.13. The van der Waals surface area contributed by atoms with Crippen LogP contribution in [-0.4, -0.2) is 34.7 Å². The van der Waals surface area contributed by atoms with Crippen LogP contribution in [0.25, 0.3) is 0 Å². The lowest BCUT2D eigenvalue weighted by molar-refractivity contribution is -0.152. The van der Waals surface area contributed by atoms with Gasteiger partial charge in [-0.3, -0.25) is 4.79 Å². The van der Waals surface area contributed by atoms with Crippen molar-refractivity contribution in [3.05, 3.63) is 0 Å². The van der Waals surface area contributed by atoms with Crippen LogP contribution < -0.4 is 0 Å². The maximum atomic E-state index is 11.1. The zero-order chi connectivity index (χ0) is 11.0. The Bertz CT molecular complexity index is 193. The molecule has 0 bridgehead atoms. The standard InChI is InChI=1S/C9H16O4S/c1-3-5-6-13-9(14-4-2)7(10)8(11)12/h9H,3-6H2,1-2H3,(H,11,12). The van der Waals surface area contributed by atoms with Crippen molar-refractivity contribution in [2.45, 2.75) is 32.1 Å². The fourth-order valence-corrected chi connectivity index (χ4v) is 1.53. The van der Waals surface area contributed by atoms with Gasteiger partial charge in [-0.15, -0.1) is 11.8 Å². The first-order valence-corrected chi connectivity index (χ1v) is 5.68. The summed E-state index contributed by atoms with van der Waals surface area (Å²) in [6.07, 6.45) is 1.80. The first kappa shape index (κ1) is 13.4. The average molecular weight is 220 g/mol. The number of thioether (sulfide) groups is 1. The van der Waals surface area contributed by atoms with Gasteiger partial charge in [-0.25, -0.2) is 4.79 Å². The molecule has 0 heterocycles. The van der Waals surface area contributed by atoms with Crippen LogP contribution in [-0.2, 0) is 14.3 Å². The van der Waals surface area contributed by atoms with Gasteiger partial charge in [-0.2, -0.15) is 0 Å². The van der Waals surface area contributed by atoms with Gasteiger partial charge in [0.05, 0.1) is 0 Å². The number of unbranched alkanes of at least 4 members (excludes halogenated alkanes) is 1. The summed E-state index contributed by atoms with van der Waals surface area (Å²) in [7, 11) is 0. The van der Waals surface area contributed by atoms with Gasteiger partial charge in [0.25, 0.3) is 5.78 Å². The van der Waals surface area contributed by atoms with E-state index in [1.807, 2.05) is 13.8 Å². The number of rotatable bonds is 8. The Morgan fingerprint density at radius 3 is 2.50 bits per heavy atom. The van der Waals surface area contributed by atoms with Crippen molar-refractivity contribution < 1.29 is 19.4 Å². The summed E-state index contributed by atoms with van der Waals surface area (Å²) in [6, 6.07) is 0. The Morgan fingerprint density at radius 2 is 2.07 bits per heavy atom. The zero-order valence-electron chi connectivity index (χ0n) is 8.49. The van der Waals surface area contributed by atoms with Crippen molar-refractivity contribution in [3.63, 3.8) is 0 Å². The van der Waals surface area contributed by atoms with Gasteiger partial charge in [0.15, 0.2) is 5.44 Å². The van der Waals surface area contributed by atoms with E-state index in [2.05, 4.69) is 0 Å². The van der Waals surface area contributed by atoms with Crippen molar-refractivity contribution >= 4 is 23.5 Å². The Balaban J connectivity index is 4.00. The zero-order valence-corrected chi connectivity index (χ0v) is 9.30. The molecule has 1 N–H and O–H groups in total. The first-order chi connectivity index (χ1) is 6.63. The lowest BCUT2D eigenvalue weighted by atomic mass is 10.3. The molecular formula is C9H16O4S. The quantitative estimate of drug-likeness (QED) is 0.382. The second-order valence-corrected chi connectivity index (χ2v) is 4.02. The molecule has 0 saturated carbocycles. The Kier molecular flexibility index (Phi) is 7.51. The average Bonchev–Trinajstić information content (AvgIpc) is 2.15. The summed E-state index contributed by atoms with van der Waals surface area (Å²) in [6.45, 7) is 4.30. The molecule has 0 amide bonds. The molecule has 0 aromatic rings. The molecule has 0 radical (unpaired) electrons. The fraction of sp³-hybridized carbons (Fsp3) is 0.778. The van der Waals surface area contributed by atoms with Crippen molar-refractivity contribution in [1.82, 2.24) is 0 Å². The number of carbonyl (C=O) groups excluding carboxylic acids is 1. The minimum Gasteiger partial charge on any atom is -0.475 e. The first-order valence-electron chi connectivity index (χ1n) is 4.63. The highest BCUT2D eigenvalue weighted by Gasteiger charge is 2.25. The second-order valence-electron chi connectivity index (χ2n) is 2.68. The Morgan fingerprint density at radius 1 is 1.43 bits per heavy atom. The Hall–Kier alpha value is -0.550. The van der Waals surface area contributed by atoms with Gasteiger partial charge in [0, 0.05) is 6.61 Å². The molecule has 0 aliphatic carbocycles. The number of Topliss-reactive ketones (excluding diaryl/α,β-unsaturated/α-hetero) is 1. The third-order valence-corrected chi connectivity index (χ3v) is 2.50. The topological polar surface area (TPSA) is 63.6 Å². The highest BCUT2D eigenvalue weighted by atomic mass is 32.2. The van der Waals surface area contributed by atoms with Crippen LogP contribution >= 0.6 is 11.8 Å². The van der Waals surface area contributed by atoms with Gasteiger partial charge in [-0.1, -0.05) is 20.3 Å². The maximum absolute atomic E-state index is 11.1. The Labute approximate surface area is 88.0 Å². The summed E-state index contributed by atoms with van der Waals surface area (Å²) in [5.74, 6) is -1.63. The van der Waals surface area contributed by atoms with E-state index in [4.69, 9.17) is 9.84 Å². The van der Waals surface area contributed by atoms with Crippen LogP contribution in [0.4, 0.5) is 0 Å². The van der Waals surface area contributed by atoms with Crippen LogP contribution in [0.15, 0.2) is 0 Å². The van der Waals surface area contributed by atoms with E-state index in [9.17, 15) is 9.59 Å². The number of carboxylic acid groups (broad SMARTS) is 1. The summed E-state index contributed by atoms with van der Waals surface area (Å²) in [4.78, 5) is 21.5. The summed E-state index contributed by atoms with van der Waals surface area (Å²) >= 11 is 1.21. The van der Waals surface area contributed by atoms with Crippen LogP contribution in [0.2, 0.25) is 0 Å². The predicted octanol–water partition coefficient (Wildman–Crippen LogP) is 1.54. The smallest absolute Gasteiger partial charge is 0.375 e. The number of carbonyl (C=O) groups is 2. The lowest BCUT2D eigenvalue weighted by Gasteiger charge is -2.12. The largest absolute Gasteiger partial charge is 0.475 e. The van der Waals surface area contributed by atoms with Crippen molar-refractivity contribution in [3.8, 4) is 0 Å². The predicted molar refractivity (Wildman–Crippen MR) is 55.4 cm³/mol. The third kappa shape index (κ3) is 5.24. The molecular weight excluding hydrogens is 204 g/mol. The molecule has 0 aliphatic rings. The minimum atomic E-state index is -1.42. The summed E-state index contributed by atoms with van der Waals surface area (Å²) in [5.41, 5.74) is -0.843. The molecule has 0 aromatic carbocycles. The lowest BCUT2D eigenvalue weighted by Crippen LogP contribution is -2.28. The van der Waals surface area contributed by atoms with E-state index < -0.39 is 17.2 Å². The molecule has 1 atom stereocenters. The SMILES string of the molecule is CCCCOC(SCC)C(=O)C(=O)O. The van der Waals surface area contributed by atoms with Crippen LogP contribution in [0.3, 0.4) is 0 Å². The van der Waals surface area contributed by atoms with E-state index in [-0.39, 0.29) is 0 Å². The fourth-order valence-electron chi connectivity index (χ4n) is 0.786. The maximum Gasteiger partial charge on any atom is 0.375 e. The van der Waals surface area contributed by atoms with Crippen LogP contribution in [0, 0.1) is 0 Å². The molecule has 0 spiro atoms. The number of hydrogen-bond acceptors (Lipinski definition) is 4. The molecule has 1 unspecified atom stereocenters. The van der Waals surface area contributed by atoms with Gasteiger partial charge in [0.2, 0.25) is 0 Å². The number of ether oxygens (including phenoxy) is 1. The highest BCUT2D eigenvalue weighted by molar-refractivity contribution is 8.00. The van der Waals surface area contributed by atoms with Crippen molar-refractivity contribution in [2.75, 3.05) is 12.4 Å². The van der Waals surface area contributed by atoms with Gasteiger partial charge in [0.1, 0.15) is 0 Å². The van der Waals surface area contributed by atoms with Crippen molar-refractivity contribution in [2.24, 2.45) is 0 Å². The van der Waals surface area contributed by atoms with Gasteiger partial charge < -0.3 is 9.84 Å². The molecule has 5 heteroatoms. The normalized spacial score (nSPS) is 12.4. The molecule has 0 fully saturated rings. The van der Waals surface area contributed by atoms with E-state index >= 15 is 0 Å². The minimum absolute atomic E-state index is 0.438. The van der Waals surface area contributed by atoms with Gasteiger partial charge in [-0.05, 0) is 12.2 Å². The second kappa shape index (κ2) is 7.82. The molecule has 82 valence electrons. The number of aliphatic carboxylic acids is 1. The van der Waals surface area contributed by atoms with E-state index in [0.717, 1.165) is 12.8 Å². The van der Waals surface area contributed by atoms with Crippen molar-refractivity contribution in [1.29, 1.82) is 0 Å². The van der Waals surface area contributed by atoms with E-state index in [1.165, 1.54) is 11.8 Å². The number of hydrogen-bond donors (Lipinski definition) is 1. The monoisotopic (exact) mass is 220 g/mol. The van der Waals surface area contributed by atoms with Crippen LogP contribution in [0.1, 0.15) is 26.7 Å². The van der Waals surface area contributed by atoms with E-state index in [0.29, 0.717) is 12.4 Å². The molecule has 4 nitrogen and oxygen atoms in total. The third-order valence-electron chi connectivity index (χ3n) is 1.51. The number of ketones is 1. The summed E-state index contributed by atoms with van der Waals surface area (Å²) < 4.78 is 5.18. The molecule has 0 aromatic heterocycles. The summed E-state index contributed by atoms with van der Waals surface area (Å²) in [5, 5.41) is 8.49. The van der Waals surface area contributed by atoms with Gasteiger partial charge >= 0.3 is 5.97 Å². The molecule has 0 saturated heterocycles. The number of carboxylic acids is 1. The molecule has 0 aliphatic heterocycles. The van der Waals surface area contributed by atoms with E-state index in [1.54, 1.807) is 0 Å². The molecule has 0 rings (SSSR count). The molecule has 14 heavy (non-hydrogen) atoms.